The van der Waals surface area contributed by atoms with E-state index in [0.717, 1.165) is 0 Å². The molecule has 1 rings (SSSR count). The van der Waals surface area contributed by atoms with E-state index in [2.05, 4.69) is 19.7 Å². The first-order chi connectivity index (χ1) is 9.19. The van der Waals surface area contributed by atoms with Gasteiger partial charge in [-0.3, -0.25) is 0 Å². The van der Waals surface area contributed by atoms with Crippen LogP contribution >= 0.6 is 0 Å². The fourth-order valence-electron chi connectivity index (χ4n) is 3.13. The Bertz CT molecular complexity index is 442. The molecule has 0 aromatic rings. The second-order valence-electron chi connectivity index (χ2n) is 5.62. The van der Waals surface area contributed by atoms with Gasteiger partial charge in [-0.25, -0.2) is 4.79 Å². The number of carboxylic acids is 1. The molecule has 0 spiro atoms. The number of rotatable bonds is 5. The minimum Gasteiger partial charge on any atom is -0.478 e. The number of carboxylic acid groups (broad SMARTS) is 1. The molecule has 0 aromatic carbocycles. The molecular formula is C15H22O5. The molecule has 0 saturated heterocycles. The topological polar surface area (TPSA) is 98.0 Å². The molecule has 112 valence electrons. The van der Waals surface area contributed by atoms with Crippen molar-refractivity contribution in [3.8, 4) is 0 Å². The highest BCUT2D eigenvalue weighted by Crippen LogP contribution is 2.49. The average molecular weight is 282 g/mol. The minimum atomic E-state index is -1.26. The van der Waals surface area contributed by atoms with Gasteiger partial charge in [-0.05, 0) is 17.4 Å². The van der Waals surface area contributed by atoms with Gasteiger partial charge >= 0.3 is 5.97 Å². The van der Waals surface area contributed by atoms with Crippen LogP contribution in [-0.2, 0) is 4.79 Å². The number of aliphatic hydroxyl groups is 3. The predicted octanol–water partition coefficient (Wildman–Crippen LogP) is 0.726. The zero-order valence-corrected chi connectivity index (χ0v) is 11.6. The molecule has 0 unspecified atom stereocenters. The van der Waals surface area contributed by atoms with Crippen molar-refractivity contribution in [1.82, 2.24) is 0 Å². The summed E-state index contributed by atoms with van der Waals surface area (Å²) in [6.45, 7) is 12.3. The van der Waals surface area contributed by atoms with E-state index in [1.807, 2.05) is 0 Å². The van der Waals surface area contributed by atoms with E-state index in [1.54, 1.807) is 13.0 Å². The van der Waals surface area contributed by atoms with Gasteiger partial charge in [0.15, 0.2) is 0 Å². The molecular weight excluding hydrogens is 260 g/mol. The number of hydrogen-bond donors (Lipinski definition) is 4. The van der Waals surface area contributed by atoms with Gasteiger partial charge < -0.3 is 20.4 Å². The monoisotopic (exact) mass is 282 g/mol. The normalized spacial score (nSPS) is 37.2. The molecule has 5 nitrogen and oxygen atoms in total. The molecule has 20 heavy (non-hydrogen) atoms. The standard InChI is InChI=1S/C15H22O5/c1-5-15(4)6-10(17)11(9(3)14(19)20)13(18)12(15)8(2)7-16/h5,10-13,16-18H,1-3,6-7H2,4H3,(H,19,20)/t10-,11-,12-,13-,15-/m0/s1. The zero-order chi connectivity index (χ0) is 15.7. The smallest absolute Gasteiger partial charge is 0.331 e. The number of aliphatic hydroxyl groups excluding tert-OH is 3. The van der Waals surface area contributed by atoms with E-state index in [0.29, 0.717) is 5.57 Å². The van der Waals surface area contributed by atoms with Gasteiger partial charge in [0.2, 0.25) is 0 Å². The molecule has 1 fully saturated rings. The van der Waals surface area contributed by atoms with Crippen LogP contribution in [0.25, 0.3) is 0 Å². The molecule has 0 aromatic heterocycles. The third-order valence-electron chi connectivity index (χ3n) is 4.27. The second-order valence-corrected chi connectivity index (χ2v) is 5.62. The SMILES string of the molecule is C=C[C@@]1(C)C[C@H](O)[C@H](C(=C)C(=O)O)[C@H](O)[C@@H]1C(=C)CO. The number of carbonyl (C=O) groups is 1. The molecule has 1 aliphatic rings. The Morgan fingerprint density at radius 2 is 1.95 bits per heavy atom. The third kappa shape index (κ3) is 2.70. The van der Waals surface area contributed by atoms with Crippen LogP contribution in [0.1, 0.15) is 13.3 Å². The number of allylic oxidation sites excluding steroid dienone is 1. The molecule has 0 heterocycles. The Morgan fingerprint density at radius 1 is 1.40 bits per heavy atom. The maximum absolute atomic E-state index is 11.1. The number of hydrogen-bond acceptors (Lipinski definition) is 4. The Morgan fingerprint density at radius 3 is 2.35 bits per heavy atom. The van der Waals surface area contributed by atoms with Gasteiger partial charge in [0.1, 0.15) is 0 Å². The van der Waals surface area contributed by atoms with Crippen LogP contribution in [0.3, 0.4) is 0 Å². The van der Waals surface area contributed by atoms with Crippen LogP contribution in [0.4, 0.5) is 0 Å². The zero-order valence-electron chi connectivity index (χ0n) is 11.6. The lowest BCUT2D eigenvalue weighted by Crippen LogP contribution is -2.53. The first-order valence-corrected chi connectivity index (χ1v) is 6.40. The maximum Gasteiger partial charge on any atom is 0.331 e. The Labute approximate surface area is 118 Å². The maximum atomic E-state index is 11.1. The van der Waals surface area contributed by atoms with E-state index in [1.165, 1.54) is 0 Å². The summed E-state index contributed by atoms with van der Waals surface area (Å²) in [6, 6.07) is 0. The second kappa shape index (κ2) is 5.91. The highest BCUT2D eigenvalue weighted by molar-refractivity contribution is 5.86. The largest absolute Gasteiger partial charge is 0.478 e. The quantitative estimate of drug-likeness (QED) is 0.440. The molecule has 1 aliphatic carbocycles. The van der Waals surface area contributed by atoms with Crippen LogP contribution in [0.15, 0.2) is 37.0 Å². The van der Waals surface area contributed by atoms with Gasteiger partial charge in [-0.2, -0.15) is 0 Å². The van der Waals surface area contributed by atoms with E-state index < -0.39 is 35.4 Å². The molecule has 0 aliphatic heterocycles. The summed E-state index contributed by atoms with van der Waals surface area (Å²) < 4.78 is 0. The first kappa shape index (κ1) is 16.6. The van der Waals surface area contributed by atoms with Gasteiger partial charge in [0, 0.05) is 17.4 Å². The number of aliphatic carboxylic acids is 1. The van der Waals surface area contributed by atoms with Gasteiger partial charge in [0.05, 0.1) is 18.8 Å². The van der Waals surface area contributed by atoms with E-state index >= 15 is 0 Å². The van der Waals surface area contributed by atoms with Crippen LogP contribution in [-0.4, -0.2) is 45.2 Å². The Balaban J connectivity index is 3.24. The van der Waals surface area contributed by atoms with Crippen LogP contribution in [0.2, 0.25) is 0 Å². The summed E-state index contributed by atoms with van der Waals surface area (Å²) in [5.74, 6) is -2.84. The fourth-order valence-corrected chi connectivity index (χ4v) is 3.13. The van der Waals surface area contributed by atoms with Crippen LogP contribution in [0, 0.1) is 17.3 Å². The summed E-state index contributed by atoms with van der Waals surface area (Å²) in [4.78, 5) is 11.1. The van der Waals surface area contributed by atoms with E-state index in [-0.39, 0.29) is 18.6 Å². The molecule has 0 amide bonds. The Kier molecular flexibility index (Phi) is 4.91. The van der Waals surface area contributed by atoms with Crippen molar-refractivity contribution in [1.29, 1.82) is 0 Å². The first-order valence-electron chi connectivity index (χ1n) is 6.40. The van der Waals surface area contributed by atoms with Crippen LogP contribution in [0.5, 0.6) is 0 Å². The molecule has 1 saturated carbocycles. The summed E-state index contributed by atoms with van der Waals surface area (Å²) >= 11 is 0. The van der Waals surface area contributed by atoms with Crippen molar-refractivity contribution in [2.24, 2.45) is 17.3 Å². The predicted molar refractivity (Wildman–Crippen MR) is 74.9 cm³/mol. The molecule has 5 atom stereocenters. The molecule has 4 N–H and O–H groups in total. The molecule has 0 radical (unpaired) electrons. The van der Waals surface area contributed by atoms with Crippen molar-refractivity contribution in [2.75, 3.05) is 6.61 Å². The lowest BCUT2D eigenvalue weighted by Gasteiger charge is -2.49. The fraction of sp³-hybridized carbons (Fsp3) is 0.533. The van der Waals surface area contributed by atoms with Crippen LogP contribution < -0.4 is 0 Å². The van der Waals surface area contributed by atoms with Crippen molar-refractivity contribution in [3.63, 3.8) is 0 Å². The van der Waals surface area contributed by atoms with Crippen molar-refractivity contribution in [3.05, 3.63) is 37.0 Å². The Hall–Kier alpha value is -1.43. The third-order valence-corrected chi connectivity index (χ3v) is 4.27. The highest BCUT2D eigenvalue weighted by Gasteiger charge is 2.51. The lowest BCUT2D eigenvalue weighted by molar-refractivity contribution is -0.137. The summed E-state index contributed by atoms with van der Waals surface area (Å²) in [5.41, 5.74) is -0.532. The molecule has 0 bridgehead atoms. The summed E-state index contributed by atoms with van der Waals surface area (Å²) in [6.07, 6.45) is -0.414. The average Bonchev–Trinajstić information content (AvgIpc) is 2.37. The van der Waals surface area contributed by atoms with Gasteiger partial charge in [0.25, 0.3) is 0 Å². The van der Waals surface area contributed by atoms with Gasteiger partial charge in [-0.15, -0.1) is 6.58 Å². The van der Waals surface area contributed by atoms with Crippen molar-refractivity contribution < 1.29 is 25.2 Å². The summed E-state index contributed by atoms with van der Waals surface area (Å²) in [7, 11) is 0. The van der Waals surface area contributed by atoms with Crippen molar-refractivity contribution in [2.45, 2.75) is 25.6 Å². The van der Waals surface area contributed by atoms with E-state index in [9.17, 15) is 20.1 Å². The summed E-state index contributed by atoms with van der Waals surface area (Å²) in [5, 5.41) is 39.0. The van der Waals surface area contributed by atoms with Crippen molar-refractivity contribution >= 4 is 5.97 Å². The minimum absolute atomic E-state index is 0.216. The molecule has 5 heteroatoms. The highest BCUT2D eigenvalue weighted by atomic mass is 16.4. The van der Waals surface area contributed by atoms with E-state index in [4.69, 9.17) is 5.11 Å². The lowest BCUT2D eigenvalue weighted by atomic mass is 9.58. The van der Waals surface area contributed by atoms with Gasteiger partial charge in [-0.1, -0.05) is 26.2 Å².